The third kappa shape index (κ3) is 4.09. The number of aromatic nitrogens is 1. The second-order valence-corrected chi connectivity index (χ2v) is 4.42. The largest absolute Gasteiger partial charge is 0.494 e. The summed E-state index contributed by atoms with van der Waals surface area (Å²) in [6.07, 6.45) is 5.31. The van der Waals surface area contributed by atoms with E-state index in [1.165, 1.54) is 0 Å². The first kappa shape index (κ1) is 14.1. The topological polar surface area (TPSA) is 51.2 Å². The number of ether oxygens (including phenoxy) is 1. The Bertz CT molecular complexity index is 555. The number of anilines is 1. The van der Waals surface area contributed by atoms with Crippen LogP contribution >= 0.6 is 0 Å². The van der Waals surface area contributed by atoms with Gasteiger partial charge in [-0.2, -0.15) is 0 Å². The van der Waals surface area contributed by atoms with Gasteiger partial charge in [-0.25, -0.2) is 0 Å². The van der Waals surface area contributed by atoms with Crippen molar-refractivity contribution in [1.29, 1.82) is 0 Å². The first-order valence-electron chi connectivity index (χ1n) is 6.74. The molecule has 0 unspecified atom stereocenters. The summed E-state index contributed by atoms with van der Waals surface area (Å²) in [6, 6.07) is 10.8. The van der Waals surface area contributed by atoms with Crippen molar-refractivity contribution in [3.05, 3.63) is 54.4 Å². The lowest BCUT2D eigenvalue weighted by atomic mass is 10.2. The molecule has 0 aliphatic rings. The molecule has 20 heavy (non-hydrogen) atoms. The molecule has 1 aromatic carbocycles. The van der Waals surface area contributed by atoms with E-state index in [4.69, 9.17) is 4.74 Å². The van der Waals surface area contributed by atoms with Crippen molar-refractivity contribution >= 4 is 11.6 Å². The van der Waals surface area contributed by atoms with Crippen molar-refractivity contribution in [1.82, 2.24) is 4.98 Å². The summed E-state index contributed by atoms with van der Waals surface area (Å²) in [7, 11) is 0. The van der Waals surface area contributed by atoms with Crippen molar-refractivity contribution in [3.63, 3.8) is 0 Å². The highest BCUT2D eigenvalue weighted by Gasteiger charge is 2.05. The van der Waals surface area contributed by atoms with E-state index in [0.717, 1.165) is 24.3 Å². The van der Waals surface area contributed by atoms with Gasteiger partial charge in [0.05, 0.1) is 6.61 Å². The maximum absolute atomic E-state index is 12.0. The van der Waals surface area contributed by atoms with Crippen LogP contribution in [0.15, 0.2) is 48.8 Å². The van der Waals surface area contributed by atoms with Crippen molar-refractivity contribution in [2.45, 2.75) is 19.8 Å². The minimum atomic E-state index is -0.155. The normalized spacial score (nSPS) is 10.1. The van der Waals surface area contributed by atoms with E-state index in [1.54, 1.807) is 24.5 Å². The molecule has 0 fully saturated rings. The fraction of sp³-hybridized carbons (Fsp3) is 0.250. The third-order valence-electron chi connectivity index (χ3n) is 2.80. The number of carbonyl (C=O) groups is 1. The van der Waals surface area contributed by atoms with Crippen LogP contribution in [0.3, 0.4) is 0 Å². The SMILES string of the molecule is CCCCOc1cccc(NC(=O)c2ccncc2)c1. The van der Waals surface area contributed by atoms with Gasteiger partial charge in [0.2, 0.25) is 0 Å². The fourth-order valence-electron chi connectivity index (χ4n) is 1.70. The molecular formula is C16H18N2O2. The molecule has 0 bridgehead atoms. The molecule has 0 aliphatic heterocycles. The zero-order valence-electron chi connectivity index (χ0n) is 11.5. The number of carbonyl (C=O) groups excluding carboxylic acids is 1. The van der Waals surface area contributed by atoms with E-state index in [9.17, 15) is 4.79 Å². The van der Waals surface area contributed by atoms with Gasteiger partial charge < -0.3 is 10.1 Å². The van der Waals surface area contributed by atoms with Crippen LogP contribution in [-0.4, -0.2) is 17.5 Å². The molecule has 4 nitrogen and oxygen atoms in total. The Morgan fingerprint density at radius 2 is 2.05 bits per heavy atom. The smallest absolute Gasteiger partial charge is 0.255 e. The summed E-state index contributed by atoms with van der Waals surface area (Å²) < 4.78 is 5.61. The first-order valence-corrected chi connectivity index (χ1v) is 6.74. The summed E-state index contributed by atoms with van der Waals surface area (Å²) in [6.45, 7) is 2.81. The molecule has 0 saturated heterocycles. The number of benzene rings is 1. The highest BCUT2D eigenvalue weighted by atomic mass is 16.5. The maximum Gasteiger partial charge on any atom is 0.255 e. The predicted octanol–water partition coefficient (Wildman–Crippen LogP) is 3.51. The van der Waals surface area contributed by atoms with Crippen molar-refractivity contribution in [2.75, 3.05) is 11.9 Å². The molecule has 0 atom stereocenters. The molecule has 104 valence electrons. The molecule has 1 amide bonds. The maximum atomic E-state index is 12.0. The lowest BCUT2D eigenvalue weighted by Gasteiger charge is -2.08. The Hall–Kier alpha value is -2.36. The molecule has 0 saturated carbocycles. The Kier molecular flexibility index (Phi) is 5.12. The predicted molar refractivity (Wildman–Crippen MR) is 79.0 cm³/mol. The van der Waals surface area contributed by atoms with E-state index >= 15 is 0 Å². The van der Waals surface area contributed by atoms with Crippen LogP contribution in [0.2, 0.25) is 0 Å². The summed E-state index contributed by atoms with van der Waals surface area (Å²) in [5.74, 6) is 0.615. The van der Waals surface area contributed by atoms with Crippen LogP contribution in [0.1, 0.15) is 30.1 Å². The molecule has 1 N–H and O–H groups in total. The summed E-state index contributed by atoms with van der Waals surface area (Å²) in [4.78, 5) is 15.9. The second kappa shape index (κ2) is 7.28. The molecule has 0 spiro atoms. The average molecular weight is 270 g/mol. The molecule has 1 aromatic heterocycles. The number of nitrogens with zero attached hydrogens (tertiary/aromatic N) is 1. The summed E-state index contributed by atoms with van der Waals surface area (Å²) in [5.41, 5.74) is 1.30. The van der Waals surface area contributed by atoms with Gasteiger partial charge >= 0.3 is 0 Å². The van der Waals surface area contributed by atoms with Crippen molar-refractivity contribution < 1.29 is 9.53 Å². The number of unbranched alkanes of at least 4 members (excludes halogenated alkanes) is 1. The van der Waals surface area contributed by atoms with Crippen LogP contribution in [0, 0.1) is 0 Å². The quantitative estimate of drug-likeness (QED) is 0.817. The molecule has 4 heteroatoms. The van der Waals surface area contributed by atoms with E-state index in [0.29, 0.717) is 12.2 Å². The summed E-state index contributed by atoms with van der Waals surface area (Å²) >= 11 is 0. The van der Waals surface area contributed by atoms with Crippen LogP contribution in [-0.2, 0) is 0 Å². The second-order valence-electron chi connectivity index (χ2n) is 4.42. The number of amides is 1. The number of rotatable bonds is 6. The van der Waals surface area contributed by atoms with Gasteiger partial charge in [0, 0.05) is 29.7 Å². The Morgan fingerprint density at radius 3 is 2.80 bits per heavy atom. The number of hydrogen-bond acceptors (Lipinski definition) is 3. The zero-order chi connectivity index (χ0) is 14.2. The Labute approximate surface area is 118 Å². The highest BCUT2D eigenvalue weighted by Crippen LogP contribution is 2.18. The third-order valence-corrected chi connectivity index (χ3v) is 2.80. The van der Waals surface area contributed by atoms with Gasteiger partial charge in [-0.3, -0.25) is 9.78 Å². The van der Waals surface area contributed by atoms with E-state index in [2.05, 4.69) is 17.2 Å². The van der Waals surface area contributed by atoms with Gasteiger partial charge in [-0.05, 0) is 30.7 Å². The Balaban J connectivity index is 1.99. The highest BCUT2D eigenvalue weighted by molar-refractivity contribution is 6.04. The fourth-order valence-corrected chi connectivity index (χ4v) is 1.70. The lowest BCUT2D eigenvalue weighted by molar-refractivity contribution is 0.102. The molecule has 2 aromatic rings. The standard InChI is InChI=1S/C16H18N2O2/c1-2-3-11-20-15-6-4-5-14(12-15)18-16(19)13-7-9-17-10-8-13/h4-10,12H,2-3,11H2,1H3,(H,18,19). The van der Waals surface area contributed by atoms with Crippen LogP contribution in [0.4, 0.5) is 5.69 Å². The monoisotopic (exact) mass is 270 g/mol. The van der Waals surface area contributed by atoms with E-state index in [-0.39, 0.29) is 5.91 Å². The summed E-state index contributed by atoms with van der Waals surface area (Å²) in [5, 5.41) is 2.84. The van der Waals surface area contributed by atoms with Crippen molar-refractivity contribution in [3.8, 4) is 5.75 Å². The van der Waals surface area contributed by atoms with E-state index < -0.39 is 0 Å². The van der Waals surface area contributed by atoms with Crippen LogP contribution in [0.25, 0.3) is 0 Å². The van der Waals surface area contributed by atoms with Gasteiger partial charge in [0.25, 0.3) is 5.91 Å². The number of nitrogens with one attached hydrogen (secondary N) is 1. The molecular weight excluding hydrogens is 252 g/mol. The van der Waals surface area contributed by atoms with Crippen LogP contribution < -0.4 is 10.1 Å². The van der Waals surface area contributed by atoms with Gasteiger partial charge in [-0.15, -0.1) is 0 Å². The van der Waals surface area contributed by atoms with Gasteiger partial charge in [-0.1, -0.05) is 19.4 Å². The zero-order valence-corrected chi connectivity index (χ0v) is 11.5. The first-order chi connectivity index (χ1) is 9.79. The van der Waals surface area contributed by atoms with E-state index in [1.807, 2.05) is 24.3 Å². The lowest BCUT2D eigenvalue weighted by Crippen LogP contribution is -2.11. The molecule has 0 aliphatic carbocycles. The number of hydrogen-bond donors (Lipinski definition) is 1. The molecule has 1 heterocycles. The van der Waals surface area contributed by atoms with Crippen LogP contribution in [0.5, 0.6) is 5.75 Å². The minimum Gasteiger partial charge on any atom is -0.494 e. The minimum absolute atomic E-state index is 0.155. The Morgan fingerprint density at radius 1 is 1.25 bits per heavy atom. The average Bonchev–Trinajstić information content (AvgIpc) is 2.49. The molecule has 0 radical (unpaired) electrons. The number of pyridine rings is 1. The van der Waals surface area contributed by atoms with Gasteiger partial charge in [0.1, 0.15) is 5.75 Å². The van der Waals surface area contributed by atoms with Gasteiger partial charge in [0.15, 0.2) is 0 Å². The van der Waals surface area contributed by atoms with Crippen molar-refractivity contribution in [2.24, 2.45) is 0 Å². The molecule has 2 rings (SSSR count).